The minimum absolute atomic E-state index is 0.327. The molecule has 1 N–H and O–H groups in total. The number of hydrogen-bond donors (Lipinski definition) is 1. The normalized spacial score (nSPS) is 10.3. The maximum atomic E-state index is 10.6. The standard InChI is InChI=1S/C18H26O3/c1-16(18(19)20)12-8-5-3-2-4-6-11-15-21-17-13-9-7-10-14-17/h7,9-10,13-14H,1-6,8,11-12,15H2,(H,19,20). The Morgan fingerprint density at radius 1 is 0.952 bits per heavy atom. The van der Waals surface area contributed by atoms with Gasteiger partial charge in [0.1, 0.15) is 5.75 Å². The number of carbonyl (C=O) groups is 1. The van der Waals surface area contributed by atoms with Crippen LogP contribution in [-0.4, -0.2) is 17.7 Å². The Hall–Kier alpha value is -1.77. The molecule has 0 radical (unpaired) electrons. The fourth-order valence-corrected chi connectivity index (χ4v) is 2.14. The predicted molar refractivity (Wildman–Crippen MR) is 85.6 cm³/mol. The SMILES string of the molecule is C=C(CCCCCCCCCOc1ccccc1)C(=O)O. The van der Waals surface area contributed by atoms with Crippen LogP contribution in [0, 0.1) is 0 Å². The van der Waals surface area contributed by atoms with Crippen molar-refractivity contribution in [1.29, 1.82) is 0 Å². The highest BCUT2D eigenvalue weighted by atomic mass is 16.5. The summed E-state index contributed by atoms with van der Waals surface area (Å²) in [6, 6.07) is 9.90. The number of rotatable bonds is 12. The average molecular weight is 290 g/mol. The van der Waals surface area contributed by atoms with E-state index in [1.165, 1.54) is 25.7 Å². The Morgan fingerprint density at radius 2 is 1.52 bits per heavy atom. The summed E-state index contributed by atoms with van der Waals surface area (Å²) in [6.07, 6.45) is 8.52. The third-order valence-electron chi connectivity index (χ3n) is 3.44. The van der Waals surface area contributed by atoms with E-state index in [9.17, 15) is 4.79 Å². The van der Waals surface area contributed by atoms with E-state index in [1.807, 2.05) is 30.3 Å². The maximum Gasteiger partial charge on any atom is 0.330 e. The lowest BCUT2D eigenvalue weighted by molar-refractivity contribution is -0.132. The first kappa shape index (κ1) is 17.3. The molecule has 0 aliphatic heterocycles. The summed E-state index contributed by atoms with van der Waals surface area (Å²) in [4.78, 5) is 10.6. The molecule has 116 valence electrons. The van der Waals surface area contributed by atoms with Gasteiger partial charge in [-0.25, -0.2) is 4.79 Å². The molecule has 0 fully saturated rings. The van der Waals surface area contributed by atoms with Gasteiger partial charge < -0.3 is 9.84 Å². The van der Waals surface area contributed by atoms with E-state index < -0.39 is 5.97 Å². The van der Waals surface area contributed by atoms with Crippen LogP contribution in [0.3, 0.4) is 0 Å². The Kier molecular flexibility index (Phi) is 9.01. The molecule has 0 aliphatic rings. The number of unbranched alkanes of at least 4 members (excludes halogenated alkanes) is 6. The van der Waals surface area contributed by atoms with Gasteiger partial charge in [0.2, 0.25) is 0 Å². The molecule has 1 aromatic rings. The maximum absolute atomic E-state index is 10.6. The average Bonchev–Trinajstić information content (AvgIpc) is 2.49. The van der Waals surface area contributed by atoms with E-state index in [4.69, 9.17) is 9.84 Å². The van der Waals surface area contributed by atoms with Crippen LogP contribution in [0.15, 0.2) is 42.5 Å². The number of hydrogen-bond acceptors (Lipinski definition) is 2. The number of benzene rings is 1. The quantitative estimate of drug-likeness (QED) is 0.443. The fraction of sp³-hybridized carbons (Fsp3) is 0.500. The van der Waals surface area contributed by atoms with E-state index >= 15 is 0 Å². The third kappa shape index (κ3) is 8.90. The number of para-hydroxylation sites is 1. The van der Waals surface area contributed by atoms with Gasteiger partial charge in [-0.05, 0) is 31.4 Å². The van der Waals surface area contributed by atoms with E-state index in [0.717, 1.165) is 31.6 Å². The molecule has 0 aliphatic carbocycles. The van der Waals surface area contributed by atoms with Crippen molar-refractivity contribution in [3.63, 3.8) is 0 Å². The minimum atomic E-state index is -0.867. The zero-order valence-electron chi connectivity index (χ0n) is 12.7. The van der Waals surface area contributed by atoms with E-state index in [2.05, 4.69) is 6.58 Å². The van der Waals surface area contributed by atoms with Gasteiger partial charge in [0.25, 0.3) is 0 Å². The Labute approximate surface area is 127 Å². The number of aliphatic carboxylic acids is 1. The second-order valence-corrected chi connectivity index (χ2v) is 5.30. The van der Waals surface area contributed by atoms with Crippen LogP contribution in [0.2, 0.25) is 0 Å². The summed E-state index contributed by atoms with van der Waals surface area (Å²) >= 11 is 0. The molecule has 0 bridgehead atoms. The second-order valence-electron chi connectivity index (χ2n) is 5.30. The van der Waals surface area contributed by atoms with Gasteiger partial charge in [-0.3, -0.25) is 0 Å². The van der Waals surface area contributed by atoms with Gasteiger partial charge >= 0.3 is 5.97 Å². The number of carboxylic acids is 1. The molecule has 0 saturated heterocycles. The van der Waals surface area contributed by atoms with Crippen molar-refractivity contribution in [2.24, 2.45) is 0 Å². The van der Waals surface area contributed by atoms with Gasteiger partial charge in [0.15, 0.2) is 0 Å². The highest BCUT2D eigenvalue weighted by molar-refractivity contribution is 5.85. The summed E-state index contributed by atoms with van der Waals surface area (Å²) in [5, 5.41) is 8.68. The lowest BCUT2D eigenvalue weighted by Gasteiger charge is -2.05. The first-order valence-electron chi connectivity index (χ1n) is 7.79. The molecule has 21 heavy (non-hydrogen) atoms. The molecule has 0 aromatic heterocycles. The largest absolute Gasteiger partial charge is 0.494 e. The first-order chi connectivity index (χ1) is 10.2. The van der Waals surface area contributed by atoms with Crippen molar-refractivity contribution in [2.75, 3.05) is 6.61 Å². The van der Waals surface area contributed by atoms with Gasteiger partial charge in [-0.2, -0.15) is 0 Å². The van der Waals surface area contributed by atoms with Crippen LogP contribution < -0.4 is 4.74 Å². The first-order valence-corrected chi connectivity index (χ1v) is 7.79. The Morgan fingerprint density at radius 3 is 2.14 bits per heavy atom. The number of carboxylic acid groups (broad SMARTS) is 1. The lowest BCUT2D eigenvalue weighted by atomic mass is 10.1. The van der Waals surface area contributed by atoms with Gasteiger partial charge in [-0.1, -0.05) is 56.9 Å². The number of ether oxygens (including phenoxy) is 1. The smallest absolute Gasteiger partial charge is 0.330 e. The summed E-state index contributed by atoms with van der Waals surface area (Å²) < 4.78 is 5.63. The van der Waals surface area contributed by atoms with Gasteiger partial charge in [0.05, 0.1) is 6.61 Å². The van der Waals surface area contributed by atoms with Gasteiger partial charge in [-0.15, -0.1) is 0 Å². The van der Waals surface area contributed by atoms with Crippen molar-refractivity contribution < 1.29 is 14.6 Å². The molecule has 1 rings (SSSR count). The molecular weight excluding hydrogens is 264 g/mol. The molecule has 0 heterocycles. The molecule has 1 aromatic carbocycles. The summed E-state index contributed by atoms with van der Waals surface area (Å²) in [6.45, 7) is 4.31. The molecule has 0 spiro atoms. The van der Waals surface area contributed by atoms with Crippen molar-refractivity contribution >= 4 is 5.97 Å². The van der Waals surface area contributed by atoms with Crippen molar-refractivity contribution in [3.8, 4) is 5.75 Å². The van der Waals surface area contributed by atoms with Crippen LogP contribution in [-0.2, 0) is 4.79 Å². The van der Waals surface area contributed by atoms with E-state index in [0.29, 0.717) is 12.0 Å². The fourth-order valence-electron chi connectivity index (χ4n) is 2.14. The van der Waals surface area contributed by atoms with Crippen molar-refractivity contribution in [3.05, 3.63) is 42.5 Å². The van der Waals surface area contributed by atoms with Crippen LogP contribution in [0.1, 0.15) is 51.4 Å². The summed E-state index contributed by atoms with van der Waals surface area (Å²) in [5.74, 6) is 0.0737. The predicted octanol–water partition coefficient (Wildman–Crippen LogP) is 4.83. The van der Waals surface area contributed by atoms with Crippen LogP contribution in [0.25, 0.3) is 0 Å². The zero-order valence-corrected chi connectivity index (χ0v) is 12.7. The zero-order chi connectivity index (χ0) is 15.3. The molecular formula is C18H26O3. The third-order valence-corrected chi connectivity index (χ3v) is 3.44. The van der Waals surface area contributed by atoms with Crippen LogP contribution in [0.4, 0.5) is 0 Å². The molecule has 3 heteroatoms. The lowest BCUT2D eigenvalue weighted by Crippen LogP contribution is -1.98. The molecule has 0 atom stereocenters. The van der Waals surface area contributed by atoms with Crippen molar-refractivity contribution in [1.82, 2.24) is 0 Å². The summed E-state index contributed by atoms with van der Waals surface area (Å²) in [7, 11) is 0. The molecule has 3 nitrogen and oxygen atoms in total. The van der Waals surface area contributed by atoms with Crippen LogP contribution in [0.5, 0.6) is 5.75 Å². The topological polar surface area (TPSA) is 46.5 Å². The highest BCUT2D eigenvalue weighted by Crippen LogP contribution is 2.12. The molecule has 0 unspecified atom stereocenters. The summed E-state index contributed by atoms with van der Waals surface area (Å²) in [5.41, 5.74) is 0.327. The van der Waals surface area contributed by atoms with E-state index in [1.54, 1.807) is 0 Å². The van der Waals surface area contributed by atoms with Crippen LogP contribution >= 0.6 is 0 Å². The molecule has 0 amide bonds. The molecule has 0 saturated carbocycles. The highest BCUT2D eigenvalue weighted by Gasteiger charge is 2.02. The second kappa shape index (κ2) is 11.0. The van der Waals surface area contributed by atoms with Gasteiger partial charge in [0, 0.05) is 5.57 Å². The Bertz CT molecular complexity index is 412. The minimum Gasteiger partial charge on any atom is -0.494 e. The Balaban J connectivity index is 1.85. The van der Waals surface area contributed by atoms with Crippen molar-refractivity contribution in [2.45, 2.75) is 51.4 Å². The monoisotopic (exact) mass is 290 g/mol. The van der Waals surface area contributed by atoms with E-state index in [-0.39, 0.29) is 0 Å².